The lowest BCUT2D eigenvalue weighted by Gasteiger charge is -2.17. The number of hydrogen-bond acceptors (Lipinski definition) is 5. The van der Waals surface area contributed by atoms with Crippen LogP contribution in [0.3, 0.4) is 0 Å². The zero-order valence-electron chi connectivity index (χ0n) is 13.0. The van der Waals surface area contributed by atoms with Gasteiger partial charge in [-0.25, -0.2) is 9.18 Å². The SMILES string of the molecule is CSCC[C@@H](NC(N)=O)C(=O)NNC(=O)COc1ccccc1F. The molecule has 0 heterocycles. The molecule has 0 bridgehead atoms. The molecule has 0 aliphatic rings. The largest absolute Gasteiger partial charge is 0.481 e. The standard InChI is InChI=1S/C14H19FN4O4S/c1-24-7-6-10(17-14(16)22)13(21)19-18-12(20)8-23-11-5-3-2-4-9(11)15/h2-5,10H,6-8H2,1H3,(H,18,20)(H,19,21)(H3,16,17,22)/t10-/m1/s1. The number of primary amides is 1. The third-order valence-corrected chi connectivity index (χ3v) is 3.41. The summed E-state index contributed by atoms with van der Waals surface area (Å²) in [5.74, 6) is -1.37. The van der Waals surface area contributed by atoms with Crippen molar-refractivity contribution in [3.63, 3.8) is 0 Å². The summed E-state index contributed by atoms with van der Waals surface area (Å²) >= 11 is 1.49. The van der Waals surface area contributed by atoms with Gasteiger partial charge in [0, 0.05) is 0 Å². The Labute approximate surface area is 142 Å². The van der Waals surface area contributed by atoms with Gasteiger partial charge in [0.1, 0.15) is 6.04 Å². The molecule has 1 atom stereocenters. The molecular formula is C14H19FN4O4S. The van der Waals surface area contributed by atoms with Crippen LogP contribution in [0.4, 0.5) is 9.18 Å². The van der Waals surface area contributed by atoms with Gasteiger partial charge in [-0.3, -0.25) is 20.4 Å². The summed E-state index contributed by atoms with van der Waals surface area (Å²) in [7, 11) is 0. The van der Waals surface area contributed by atoms with Crippen molar-refractivity contribution in [2.45, 2.75) is 12.5 Å². The lowest BCUT2D eigenvalue weighted by atomic mass is 10.2. The van der Waals surface area contributed by atoms with E-state index in [4.69, 9.17) is 10.5 Å². The molecule has 5 N–H and O–H groups in total. The summed E-state index contributed by atoms with van der Waals surface area (Å²) in [6.07, 6.45) is 2.19. The van der Waals surface area contributed by atoms with E-state index < -0.39 is 36.3 Å². The molecule has 8 nitrogen and oxygen atoms in total. The Morgan fingerprint density at radius 3 is 2.62 bits per heavy atom. The number of ether oxygens (including phenoxy) is 1. The topological polar surface area (TPSA) is 123 Å². The van der Waals surface area contributed by atoms with Crippen LogP contribution in [0, 0.1) is 5.82 Å². The Morgan fingerprint density at radius 2 is 2.00 bits per heavy atom. The van der Waals surface area contributed by atoms with Gasteiger partial charge in [-0.2, -0.15) is 11.8 Å². The predicted molar refractivity (Wildman–Crippen MR) is 87.7 cm³/mol. The Balaban J connectivity index is 2.42. The van der Waals surface area contributed by atoms with Crippen LogP contribution in [-0.2, 0) is 9.59 Å². The highest BCUT2D eigenvalue weighted by atomic mass is 32.2. The molecule has 1 aromatic rings. The van der Waals surface area contributed by atoms with Gasteiger partial charge < -0.3 is 15.8 Å². The average Bonchev–Trinajstić information content (AvgIpc) is 2.55. The summed E-state index contributed by atoms with van der Waals surface area (Å²) in [5, 5.41) is 2.28. The van der Waals surface area contributed by atoms with E-state index in [0.717, 1.165) is 0 Å². The van der Waals surface area contributed by atoms with Gasteiger partial charge in [0.25, 0.3) is 11.8 Å². The van der Waals surface area contributed by atoms with Gasteiger partial charge in [-0.15, -0.1) is 0 Å². The number of benzene rings is 1. The number of carbonyl (C=O) groups is 3. The van der Waals surface area contributed by atoms with Gasteiger partial charge >= 0.3 is 6.03 Å². The number of thioether (sulfide) groups is 1. The fraction of sp³-hybridized carbons (Fsp3) is 0.357. The minimum absolute atomic E-state index is 0.0766. The van der Waals surface area contributed by atoms with Crippen LogP contribution in [0.5, 0.6) is 5.75 Å². The lowest BCUT2D eigenvalue weighted by Crippen LogP contribution is -2.54. The van der Waals surface area contributed by atoms with Crippen LogP contribution in [0.25, 0.3) is 0 Å². The molecule has 0 fully saturated rings. The number of carbonyl (C=O) groups excluding carboxylic acids is 3. The second-order valence-corrected chi connectivity index (χ2v) is 5.58. The van der Waals surface area contributed by atoms with Crippen LogP contribution < -0.4 is 26.6 Å². The van der Waals surface area contributed by atoms with Crippen LogP contribution in [0.2, 0.25) is 0 Å². The monoisotopic (exact) mass is 358 g/mol. The number of nitrogens with one attached hydrogen (secondary N) is 3. The van der Waals surface area contributed by atoms with Crippen LogP contribution in [0.1, 0.15) is 6.42 Å². The first-order valence-electron chi connectivity index (χ1n) is 6.95. The normalized spacial score (nSPS) is 11.2. The zero-order chi connectivity index (χ0) is 17.9. The van der Waals surface area contributed by atoms with E-state index in [9.17, 15) is 18.8 Å². The van der Waals surface area contributed by atoms with Crippen molar-refractivity contribution in [3.8, 4) is 5.75 Å². The molecule has 10 heteroatoms. The first kappa shape index (κ1) is 19.6. The van der Waals surface area contributed by atoms with Gasteiger partial charge in [-0.1, -0.05) is 12.1 Å². The number of amides is 4. The van der Waals surface area contributed by atoms with E-state index in [1.165, 1.54) is 30.0 Å². The highest BCUT2D eigenvalue weighted by Gasteiger charge is 2.19. The molecule has 0 aliphatic carbocycles. The summed E-state index contributed by atoms with van der Waals surface area (Å²) in [5.41, 5.74) is 9.28. The molecule has 0 aliphatic heterocycles. The Bertz CT molecular complexity index is 588. The molecular weight excluding hydrogens is 339 g/mol. The molecule has 1 rings (SSSR count). The van der Waals surface area contributed by atoms with Crippen molar-refractivity contribution >= 4 is 29.6 Å². The third kappa shape index (κ3) is 7.18. The third-order valence-electron chi connectivity index (χ3n) is 2.76. The minimum atomic E-state index is -0.872. The number of nitrogens with two attached hydrogens (primary N) is 1. The fourth-order valence-corrected chi connectivity index (χ4v) is 2.11. The molecule has 0 saturated carbocycles. The second-order valence-electron chi connectivity index (χ2n) is 4.60. The molecule has 4 amide bonds. The van der Waals surface area contributed by atoms with Crippen molar-refractivity contribution in [3.05, 3.63) is 30.1 Å². The Morgan fingerprint density at radius 1 is 1.29 bits per heavy atom. The first-order chi connectivity index (χ1) is 11.4. The van der Waals surface area contributed by atoms with Crippen LogP contribution >= 0.6 is 11.8 Å². The maximum Gasteiger partial charge on any atom is 0.312 e. The average molecular weight is 358 g/mol. The molecule has 0 aromatic heterocycles. The summed E-state index contributed by atoms with van der Waals surface area (Å²) in [4.78, 5) is 34.4. The van der Waals surface area contributed by atoms with E-state index >= 15 is 0 Å². The van der Waals surface area contributed by atoms with Crippen molar-refractivity contribution < 1.29 is 23.5 Å². The van der Waals surface area contributed by atoms with E-state index in [0.29, 0.717) is 12.2 Å². The van der Waals surface area contributed by atoms with Gasteiger partial charge in [0.15, 0.2) is 18.2 Å². The van der Waals surface area contributed by atoms with Crippen molar-refractivity contribution in [1.82, 2.24) is 16.2 Å². The van der Waals surface area contributed by atoms with Crippen molar-refractivity contribution in [1.29, 1.82) is 0 Å². The molecule has 0 spiro atoms. The van der Waals surface area contributed by atoms with E-state index in [1.807, 2.05) is 6.26 Å². The number of rotatable bonds is 8. The maximum absolute atomic E-state index is 13.3. The van der Waals surface area contributed by atoms with E-state index in [-0.39, 0.29) is 5.75 Å². The number of hydrazine groups is 1. The lowest BCUT2D eigenvalue weighted by molar-refractivity contribution is -0.130. The fourth-order valence-electron chi connectivity index (χ4n) is 1.64. The zero-order valence-corrected chi connectivity index (χ0v) is 13.8. The van der Waals surface area contributed by atoms with Gasteiger partial charge in [-0.05, 0) is 30.6 Å². The summed E-state index contributed by atoms with van der Waals surface area (Å²) in [6.45, 7) is -0.486. The highest BCUT2D eigenvalue weighted by Crippen LogP contribution is 2.14. The molecule has 0 unspecified atom stereocenters. The van der Waals surface area contributed by atoms with E-state index in [2.05, 4.69) is 16.2 Å². The van der Waals surface area contributed by atoms with Crippen molar-refractivity contribution in [2.24, 2.45) is 5.73 Å². The Kier molecular flexibility index (Phi) is 8.41. The number of hydrogen-bond donors (Lipinski definition) is 4. The van der Waals surface area contributed by atoms with Crippen LogP contribution in [0.15, 0.2) is 24.3 Å². The second kappa shape index (κ2) is 10.3. The smallest absolute Gasteiger partial charge is 0.312 e. The minimum Gasteiger partial charge on any atom is -0.481 e. The van der Waals surface area contributed by atoms with Crippen molar-refractivity contribution in [2.75, 3.05) is 18.6 Å². The summed E-state index contributed by atoms with van der Waals surface area (Å²) in [6, 6.07) is 3.90. The summed E-state index contributed by atoms with van der Waals surface area (Å²) < 4.78 is 18.3. The predicted octanol–water partition coefficient (Wildman–Crippen LogP) is 0.142. The van der Waals surface area contributed by atoms with Crippen LogP contribution in [-0.4, -0.2) is 42.5 Å². The molecule has 0 radical (unpaired) electrons. The molecule has 132 valence electrons. The quantitative estimate of drug-likeness (QED) is 0.493. The number of para-hydroxylation sites is 1. The van der Waals surface area contributed by atoms with Gasteiger partial charge in [0.2, 0.25) is 0 Å². The number of halogens is 1. The Hall–Kier alpha value is -2.49. The molecule has 0 saturated heterocycles. The first-order valence-corrected chi connectivity index (χ1v) is 8.34. The number of urea groups is 1. The van der Waals surface area contributed by atoms with Gasteiger partial charge in [0.05, 0.1) is 0 Å². The molecule has 24 heavy (non-hydrogen) atoms. The molecule has 1 aromatic carbocycles. The maximum atomic E-state index is 13.3. The van der Waals surface area contributed by atoms with E-state index in [1.54, 1.807) is 6.07 Å². The highest BCUT2D eigenvalue weighted by molar-refractivity contribution is 7.98.